The van der Waals surface area contributed by atoms with Gasteiger partial charge in [-0.2, -0.15) is 0 Å². The van der Waals surface area contributed by atoms with E-state index >= 15 is 0 Å². The maximum Gasteiger partial charge on any atom is 0.242 e. The Labute approximate surface area is 149 Å². The molecule has 0 atom stereocenters. The first-order valence-corrected chi connectivity index (χ1v) is 9.94. The summed E-state index contributed by atoms with van der Waals surface area (Å²) < 4.78 is 39.0. The molecular formula is C17H26FN3O3S. The van der Waals surface area contributed by atoms with Gasteiger partial charge in [-0.05, 0) is 56.6 Å². The molecule has 1 aliphatic rings. The number of benzene rings is 1. The van der Waals surface area contributed by atoms with E-state index in [1.54, 1.807) is 4.90 Å². The van der Waals surface area contributed by atoms with Crippen LogP contribution in [0.4, 0.5) is 4.39 Å². The Bertz CT molecular complexity index is 673. The molecule has 0 saturated carbocycles. The van der Waals surface area contributed by atoms with Crippen molar-refractivity contribution in [2.45, 2.75) is 36.6 Å². The van der Waals surface area contributed by atoms with Gasteiger partial charge in [-0.25, -0.2) is 17.1 Å². The van der Waals surface area contributed by atoms with Crippen LogP contribution in [-0.4, -0.2) is 63.3 Å². The van der Waals surface area contributed by atoms with Gasteiger partial charge in [-0.15, -0.1) is 0 Å². The minimum Gasteiger partial charge on any atom is -0.343 e. The van der Waals surface area contributed by atoms with Crippen LogP contribution < -0.4 is 5.32 Å². The summed E-state index contributed by atoms with van der Waals surface area (Å²) in [6.45, 7) is 2.08. The predicted octanol–water partition coefficient (Wildman–Crippen LogP) is 1.44. The molecule has 1 aromatic rings. The number of carbonyl (C=O) groups is 1. The zero-order chi connectivity index (χ0) is 18.4. The molecule has 0 spiro atoms. The third-order valence-corrected chi connectivity index (χ3v) is 6.51. The standard InChI is InChI=1S/C17H26FN3O3S/c1-20(25(23,24)16-7-5-14(18)6-8-16)13-3-4-17(22)21(2)15-9-11-19-12-10-15/h5-8,15,19H,3-4,9-13H2,1-2H3. The van der Waals surface area contributed by atoms with Gasteiger partial charge in [-0.1, -0.05) is 0 Å². The van der Waals surface area contributed by atoms with Crippen LogP contribution in [0.25, 0.3) is 0 Å². The van der Waals surface area contributed by atoms with Crippen LogP contribution in [0.2, 0.25) is 0 Å². The van der Waals surface area contributed by atoms with Gasteiger partial charge in [0.2, 0.25) is 15.9 Å². The van der Waals surface area contributed by atoms with E-state index in [-0.39, 0.29) is 23.4 Å². The van der Waals surface area contributed by atoms with Gasteiger partial charge < -0.3 is 10.2 Å². The third-order valence-electron chi connectivity index (χ3n) is 4.64. The number of nitrogens with zero attached hydrogens (tertiary/aromatic N) is 2. The number of hydrogen-bond acceptors (Lipinski definition) is 4. The first kappa shape index (κ1) is 19.8. The summed E-state index contributed by atoms with van der Waals surface area (Å²) in [7, 11) is -0.372. The van der Waals surface area contributed by atoms with E-state index in [2.05, 4.69) is 5.32 Å². The summed E-state index contributed by atoms with van der Waals surface area (Å²) in [5, 5.41) is 3.27. The molecule has 8 heteroatoms. The Hall–Kier alpha value is -1.51. The smallest absolute Gasteiger partial charge is 0.242 e. The van der Waals surface area contributed by atoms with Crippen molar-refractivity contribution in [2.24, 2.45) is 0 Å². The van der Waals surface area contributed by atoms with Crippen molar-refractivity contribution in [1.82, 2.24) is 14.5 Å². The van der Waals surface area contributed by atoms with Crippen LogP contribution >= 0.6 is 0 Å². The van der Waals surface area contributed by atoms with Crippen LogP contribution in [0.3, 0.4) is 0 Å². The van der Waals surface area contributed by atoms with Crippen LogP contribution in [0, 0.1) is 5.82 Å². The summed E-state index contributed by atoms with van der Waals surface area (Å²) >= 11 is 0. The lowest BCUT2D eigenvalue weighted by Gasteiger charge is -2.31. The Kier molecular flexibility index (Phi) is 6.92. The number of piperidine rings is 1. The molecule has 140 valence electrons. The Morgan fingerprint density at radius 1 is 1.20 bits per heavy atom. The van der Waals surface area contributed by atoms with E-state index in [1.165, 1.54) is 23.5 Å². The van der Waals surface area contributed by atoms with Crippen LogP contribution in [0.1, 0.15) is 25.7 Å². The number of amides is 1. The number of sulfonamides is 1. The maximum absolute atomic E-state index is 12.9. The highest BCUT2D eigenvalue weighted by molar-refractivity contribution is 7.89. The van der Waals surface area contributed by atoms with Crippen molar-refractivity contribution >= 4 is 15.9 Å². The lowest BCUT2D eigenvalue weighted by Crippen LogP contribution is -2.44. The van der Waals surface area contributed by atoms with Crippen molar-refractivity contribution in [1.29, 1.82) is 0 Å². The fraction of sp³-hybridized carbons (Fsp3) is 0.588. The largest absolute Gasteiger partial charge is 0.343 e. The Morgan fingerprint density at radius 3 is 2.40 bits per heavy atom. The third kappa shape index (κ3) is 5.23. The molecule has 0 bridgehead atoms. The number of carbonyl (C=O) groups excluding carboxylic acids is 1. The van der Waals surface area contributed by atoms with Gasteiger partial charge in [0.25, 0.3) is 0 Å². The zero-order valence-electron chi connectivity index (χ0n) is 14.7. The normalized spacial score (nSPS) is 16.2. The molecule has 6 nitrogen and oxygen atoms in total. The molecule has 1 amide bonds. The van der Waals surface area contributed by atoms with Crippen LogP contribution in [0.15, 0.2) is 29.2 Å². The first-order chi connectivity index (χ1) is 11.8. The molecule has 1 heterocycles. The second-order valence-electron chi connectivity index (χ2n) is 6.37. The number of rotatable bonds is 7. The summed E-state index contributed by atoms with van der Waals surface area (Å²) in [5.74, 6) is -0.437. The average Bonchev–Trinajstić information content (AvgIpc) is 2.62. The number of nitrogens with one attached hydrogen (secondary N) is 1. The van der Waals surface area contributed by atoms with Crippen molar-refractivity contribution in [3.05, 3.63) is 30.1 Å². The number of hydrogen-bond donors (Lipinski definition) is 1. The monoisotopic (exact) mass is 371 g/mol. The van der Waals surface area contributed by atoms with Crippen LogP contribution in [-0.2, 0) is 14.8 Å². The van der Waals surface area contributed by atoms with Gasteiger partial charge in [0.1, 0.15) is 5.82 Å². The Balaban J connectivity index is 1.83. The summed E-state index contributed by atoms with van der Waals surface area (Å²) in [6.07, 6.45) is 2.65. The second kappa shape index (κ2) is 8.73. The van der Waals surface area contributed by atoms with Gasteiger partial charge >= 0.3 is 0 Å². The molecule has 1 N–H and O–H groups in total. The molecule has 0 aromatic heterocycles. The quantitative estimate of drug-likeness (QED) is 0.787. The molecule has 1 saturated heterocycles. The highest BCUT2D eigenvalue weighted by Gasteiger charge is 2.23. The maximum atomic E-state index is 12.9. The fourth-order valence-corrected chi connectivity index (χ4v) is 4.14. The van der Waals surface area contributed by atoms with Crippen molar-refractivity contribution in [2.75, 3.05) is 33.7 Å². The van der Waals surface area contributed by atoms with E-state index in [9.17, 15) is 17.6 Å². The lowest BCUT2D eigenvalue weighted by atomic mass is 10.0. The predicted molar refractivity (Wildman–Crippen MR) is 94.1 cm³/mol. The molecule has 0 unspecified atom stereocenters. The minimum absolute atomic E-state index is 0.0412. The van der Waals surface area contributed by atoms with Gasteiger partial charge in [0, 0.05) is 33.1 Å². The topological polar surface area (TPSA) is 69.7 Å². The van der Waals surface area contributed by atoms with Crippen LogP contribution in [0.5, 0.6) is 0 Å². The molecule has 1 fully saturated rings. The van der Waals surface area contributed by atoms with Gasteiger partial charge in [0.15, 0.2) is 0 Å². The molecule has 0 radical (unpaired) electrons. The van der Waals surface area contributed by atoms with E-state index in [1.807, 2.05) is 7.05 Å². The molecular weight excluding hydrogens is 345 g/mol. The lowest BCUT2D eigenvalue weighted by molar-refractivity contribution is -0.132. The van der Waals surface area contributed by atoms with Crippen molar-refractivity contribution in [3.8, 4) is 0 Å². The first-order valence-electron chi connectivity index (χ1n) is 8.50. The molecule has 2 rings (SSSR count). The SMILES string of the molecule is CN(C(=O)CCCN(C)S(=O)(=O)c1ccc(F)cc1)C1CCNCC1. The molecule has 1 aromatic carbocycles. The average molecular weight is 371 g/mol. The fourth-order valence-electron chi connectivity index (χ4n) is 2.93. The van der Waals surface area contributed by atoms with E-state index in [0.717, 1.165) is 38.1 Å². The zero-order valence-corrected chi connectivity index (χ0v) is 15.6. The van der Waals surface area contributed by atoms with E-state index in [4.69, 9.17) is 0 Å². The van der Waals surface area contributed by atoms with Gasteiger partial charge in [-0.3, -0.25) is 4.79 Å². The van der Waals surface area contributed by atoms with Crippen molar-refractivity contribution < 1.29 is 17.6 Å². The second-order valence-corrected chi connectivity index (χ2v) is 8.41. The Morgan fingerprint density at radius 2 is 1.80 bits per heavy atom. The molecule has 0 aliphatic carbocycles. The van der Waals surface area contributed by atoms with E-state index < -0.39 is 15.8 Å². The molecule has 25 heavy (non-hydrogen) atoms. The summed E-state index contributed by atoms with van der Waals surface area (Å²) in [5.41, 5.74) is 0. The molecule has 1 aliphatic heterocycles. The van der Waals surface area contributed by atoms with Gasteiger partial charge in [0.05, 0.1) is 4.90 Å². The van der Waals surface area contributed by atoms with E-state index in [0.29, 0.717) is 12.8 Å². The highest BCUT2D eigenvalue weighted by atomic mass is 32.2. The van der Waals surface area contributed by atoms with Crippen molar-refractivity contribution in [3.63, 3.8) is 0 Å². The summed E-state index contributed by atoms with van der Waals surface area (Å²) in [6, 6.07) is 5.00. The minimum atomic E-state index is -3.66. The highest BCUT2D eigenvalue weighted by Crippen LogP contribution is 2.16. The summed E-state index contributed by atoms with van der Waals surface area (Å²) in [4.78, 5) is 14.1. The number of halogens is 1.